The van der Waals surface area contributed by atoms with Crippen molar-refractivity contribution < 1.29 is 0 Å². The molecule has 0 radical (unpaired) electrons. The van der Waals surface area contributed by atoms with Crippen LogP contribution in [0.5, 0.6) is 0 Å². The van der Waals surface area contributed by atoms with Gasteiger partial charge in [0.1, 0.15) is 0 Å². The smallest absolute Gasteiger partial charge is 0.0794 e. The standard InChI is InChI=1S/C61H41N2PS/c1-38-37-55-57(54-36-29-41-15-7-10-21-50(41)60(54)63-61(55)51-22-12-11-18-47(38)51)43-25-32-46(33-26-43)64(65,44-16-3-2-4-17-44)45-30-23-42(24-31-45)56-52-34-27-39-13-5-8-19-48(39)58(52)62-59-49-20-9-6-14-40(49)28-35-53(56)59/h2-36,38H,37H2,1H3. The molecule has 0 spiro atoms. The summed E-state index contributed by atoms with van der Waals surface area (Å²) in [5.74, 6) is 0.380. The van der Waals surface area contributed by atoms with Crippen LogP contribution in [0.25, 0.3) is 98.5 Å². The molecule has 65 heavy (non-hydrogen) atoms. The van der Waals surface area contributed by atoms with Gasteiger partial charge < -0.3 is 0 Å². The number of pyridine rings is 2. The molecule has 2 heterocycles. The fourth-order valence-electron chi connectivity index (χ4n) is 10.8. The third-order valence-corrected chi connectivity index (χ3v) is 18.9. The highest BCUT2D eigenvalue weighted by Crippen LogP contribution is 2.48. The summed E-state index contributed by atoms with van der Waals surface area (Å²) < 4.78 is 0. The number of nitrogens with zero attached hydrogens (tertiary/aromatic N) is 2. The minimum atomic E-state index is -2.51. The molecule has 12 aromatic rings. The van der Waals surface area contributed by atoms with Gasteiger partial charge >= 0.3 is 0 Å². The van der Waals surface area contributed by atoms with Crippen molar-refractivity contribution in [1.82, 2.24) is 9.97 Å². The second kappa shape index (κ2) is 14.9. The van der Waals surface area contributed by atoms with Crippen LogP contribution in [0.3, 0.4) is 0 Å². The SMILES string of the molecule is CC1Cc2c(nc3c(ccc4ccccc43)c2-c2ccc(P(=S)(c3ccccc3)c3ccc(-c4c5ccc6ccccc6c5nc5c4ccc4ccccc45)cc3)cc2)-c2ccccc21. The van der Waals surface area contributed by atoms with Crippen molar-refractivity contribution in [2.75, 3.05) is 0 Å². The van der Waals surface area contributed by atoms with E-state index in [9.17, 15) is 0 Å². The van der Waals surface area contributed by atoms with Crippen molar-refractivity contribution in [3.63, 3.8) is 0 Å². The Bertz CT molecular complexity index is 3860. The second-order valence-corrected chi connectivity index (χ2v) is 22.0. The number of aromatic nitrogens is 2. The summed E-state index contributed by atoms with van der Waals surface area (Å²) in [7, 11) is 0. The summed E-state index contributed by atoms with van der Waals surface area (Å²) in [6.45, 7) is 2.35. The highest BCUT2D eigenvalue weighted by atomic mass is 32.4. The van der Waals surface area contributed by atoms with Gasteiger partial charge in [-0.25, -0.2) is 9.97 Å². The Labute approximate surface area is 382 Å². The lowest BCUT2D eigenvalue weighted by atomic mass is 9.78. The molecule has 306 valence electrons. The molecule has 13 rings (SSSR count). The lowest BCUT2D eigenvalue weighted by molar-refractivity contribution is 0.747. The van der Waals surface area contributed by atoms with Gasteiger partial charge in [0.25, 0.3) is 0 Å². The summed E-state index contributed by atoms with van der Waals surface area (Å²) >= 11 is 7.06. The van der Waals surface area contributed by atoms with Crippen molar-refractivity contribution >= 4 is 98.8 Å². The Balaban J connectivity index is 0.981. The molecule has 4 heteroatoms. The number of fused-ring (bicyclic) bond motifs is 12. The normalized spacial score (nSPS) is 14.5. The van der Waals surface area contributed by atoms with Crippen LogP contribution in [-0.4, -0.2) is 9.97 Å². The van der Waals surface area contributed by atoms with E-state index >= 15 is 0 Å². The maximum absolute atomic E-state index is 7.06. The molecule has 0 aliphatic heterocycles. The molecule has 0 saturated carbocycles. The first-order chi connectivity index (χ1) is 32.0. The molecule has 2 nitrogen and oxygen atoms in total. The van der Waals surface area contributed by atoms with Crippen LogP contribution < -0.4 is 15.9 Å². The maximum Gasteiger partial charge on any atom is 0.0794 e. The molecule has 0 amide bonds. The van der Waals surface area contributed by atoms with Gasteiger partial charge in [-0.05, 0) is 72.2 Å². The average molecular weight is 865 g/mol. The molecule has 0 fully saturated rings. The minimum Gasteiger partial charge on any atom is -0.247 e. The van der Waals surface area contributed by atoms with Gasteiger partial charge in [-0.2, -0.15) is 0 Å². The van der Waals surface area contributed by atoms with Crippen molar-refractivity contribution in [2.24, 2.45) is 0 Å². The van der Waals surface area contributed by atoms with Gasteiger partial charge in [-0.15, -0.1) is 0 Å². The van der Waals surface area contributed by atoms with Gasteiger partial charge in [-0.1, -0.05) is 231 Å². The van der Waals surface area contributed by atoms with Gasteiger partial charge in [-0.3, -0.25) is 0 Å². The molecule has 0 bridgehead atoms. The number of benzene rings is 10. The van der Waals surface area contributed by atoms with Gasteiger partial charge in [0, 0.05) is 49.5 Å². The Morgan fingerprint density at radius 3 is 1.38 bits per heavy atom. The van der Waals surface area contributed by atoms with Crippen molar-refractivity contribution in [1.29, 1.82) is 0 Å². The monoisotopic (exact) mass is 864 g/mol. The van der Waals surface area contributed by atoms with E-state index in [1.54, 1.807) is 0 Å². The summed E-state index contributed by atoms with van der Waals surface area (Å²) in [4.78, 5) is 11.0. The lowest BCUT2D eigenvalue weighted by Crippen LogP contribution is -2.24. The summed E-state index contributed by atoms with van der Waals surface area (Å²) in [6, 6.07) is 74.9. The van der Waals surface area contributed by atoms with E-state index in [4.69, 9.17) is 21.8 Å². The molecule has 2 unspecified atom stereocenters. The molecular weight excluding hydrogens is 824 g/mol. The van der Waals surface area contributed by atoms with Crippen LogP contribution in [0, 0.1) is 0 Å². The quantitative estimate of drug-likeness (QED) is 0.0979. The Kier molecular flexibility index (Phi) is 8.75. The second-order valence-electron chi connectivity index (χ2n) is 17.6. The van der Waals surface area contributed by atoms with Crippen LogP contribution in [0.1, 0.15) is 24.0 Å². The first-order valence-corrected chi connectivity index (χ1v) is 25.3. The van der Waals surface area contributed by atoms with Crippen molar-refractivity contribution in [2.45, 2.75) is 19.3 Å². The lowest BCUT2D eigenvalue weighted by Gasteiger charge is -2.28. The molecule has 1 aliphatic carbocycles. The van der Waals surface area contributed by atoms with Crippen molar-refractivity contribution in [3.8, 4) is 33.5 Å². The third-order valence-electron chi connectivity index (χ3n) is 14.0. The fraction of sp³-hybridized carbons (Fsp3) is 0.0492. The van der Waals surface area contributed by atoms with Crippen LogP contribution >= 0.6 is 6.04 Å². The highest BCUT2D eigenvalue weighted by molar-refractivity contribution is 8.25. The zero-order valence-corrected chi connectivity index (χ0v) is 37.5. The van der Waals surface area contributed by atoms with Gasteiger partial charge in [0.2, 0.25) is 0 Å². The topological polar surface area (TPSA) is 25.8 Å². The predicted octanol–water partition coefficient (Wildman–Crippen LogP) is 14.8. The van der Waals surface area contributed by atoms with E-state index in [1.807, 2.05) is 0 Å². The maximum atomic E-state index is 7.06. The molecular formula is C61H41N2PS. The molecule has 0 saturated heterocycles. The first kappa shape index (κ1) is 38.2. The Morgan fingerprint density at radius 1 is 0.400 bits per heavy atom. The summed E-state index contributed by atoms with van der Waals surface area (Å²) in [5, 5.41) is 14.1. The number of hydrogen-bond donors (Lipinski definition) is 0. The van der Waals surface area contributed by atoms with Crippen LogP contribution in [0.2, 0.25) is 0 Å². The van der Waals surface area contributed by atoms with Gasteiger partial charge in [0.15, 0.2) is 0 Å². The highest BCUT2D eigenvalue weighted by Gasteiger charge is 2.29. The third kappa shape index (κ3) is 5.89. The Morgan fingerprint density at radius 2 is 0.831 bits per heavy atom. The zero-order chi connectivity index (χ0) is 43.2. The van der Waals surface area contributed by atoms with E-state index in [0.29, 0.717) is 5.92 Å². The molecule has 2 atom stereocenters. The molecule has 1 aliphatic rings. The van der Waals surface area contributed by atoms with E-state index in [0.717, 1.165) is 61.1 Å². The zero-order valence-electron chi connectivity index (χ0n) is 35.7. The van der Waals surface area contributed by atoms with E-state index in [1.165, 1.54) is 70.9 Å². The van der Waals surface area contributed by atoms with E-state index < -0.39 is 6.04 Å². The van der Waals surface area contributed by atoms with Crippen LogP contribution in [0.4, 0.5) is 0 Å². The van der Waals surface area contributed by atoms with E-state index in [-0.39, 0.29) is 0 Å². The average Bonchev–Trinajstić information content (AvgIpc) is 3.37. The number of hydrogen-bond acceptors (Lipinski definition) is 3. The van der Waals surface area contributed by atoms with Crippen LogP contribution in [0.15, 0.2) is 212 Å². The fourth-order valence-corrected chi connectivity index (χ4v) is 14.6. The molecule has 2 aromatic heterocycles. The van der Waals surface area contributed by atoms with Gasteiger partial charge in [0.05, 0.1) is 22.2 Å². The molecule has 0 N–H and O–H groups in total. The Hall–Kier alpha value is -7.29. The number of rotatable bonds is 5. The van der Waals surface area contributed by atoms with E-state index in [2.05, 4.69) is 219 Å². The van der Waals surface area contributed by atoms with Crippen molar-refractivity contribution in [3.05, 3.63) is 223 Å². The summed E-state index contributed by atoms with van der Waals surface area (Å²) in [5.41, 5.74) is 13.0. The van der Waals surface area contributed by atoms with Crippen LogP contribution in [-0.2, 0) is 18.2 Å². The molecule has 10 aromatic carbocycles. The first-order valence-electron chi connectivity index (χ1n) is 22.5. The predicted molar refractivity (Wildman–Crippen MR) is 282 cm³/mol. The minimum absolute atomic E-state index is 0.380. The largest absolute Gasteiger partial charge is 0.247 e. The summed E-state index contributed by atoms with van der Waals surface area (Å²) in [6.07, 6.45) is 0.933.